The molecular formula is C11H14O. The van der Waals surface area contributed by atoms with Crippen molar-refractivity contribution in [1.82, 2.24) is 0 Å². The van der Waals surface area contributed by atoms with Crippen LogP contribution in [-0.2, 0) is 0 Å². The van der Waals surface area contributed by atoms with E-state index in [-0.39, 0.29) is 6.10 Å². The molecule has 64 valence electrons. The van der Waals surface area contributed by atoms with Gasteiger partial charge in [-0.05, 0) is 32.1 Å². The lowest BCUT2D eigenvalue weighted by molar-refractivity contribution is 0.269. The third-order valence-electron chi connectivity index (χ3n) is 1.53. The molecule has 12 heavy (non-hydrogen) atoms. The Morgan fingerprint density at radius 1 is 1.25 bits per heavy atom. The van der Waals surface area contributed by atoms with Crippen LogP contribution >= 0.6 is 0 Å². The molecule has 0 aliphatic heterocycles. The van der Waals surface area contributed by atoms with Crippen LogP contribution < -0.4 is 4.74 Å². The second-order valence-corrected chi connectivity index (χ2v) is 2.66. The molecule has 0 N–H and O–H groups in total. The van der Waals surface area contributed by atoms with Gasteiger partial charge in [0.05, 0.1) is 0 Å². The zero-order valence-electron chi connectivity index (χ0n) is 7.53. The zero-order valence-corrected chi connectivity index (χ0v) is 7.53. The van der Waals surface area contributed by atoms with Gasteiger partial charge in [0.1, 0.15) is 11.9 Å². The van der Waals surface area contributed by atoms with Crippen LogP contribution in [0.4, 0.5) is 0 Å². The summed E-state index contributed by atoms with van der Waals surface area (Å²) in [6.45, 7) is 4.01. The molecule has 0 aromatic heterocycles. The van der Waals surface area contributed by atoms with Gasteiger partial charge in [-0.1, -0.05) is 24.3 Å². The van der Waals surface area contributed by atoms with Crippen molar-refractivity contribution < 1.29 is 4.74 Å². The molecule has 1 aromatic carbocycles. The Hall–Kier alpha value is -1.24. The van der Waals surface area contributed by atoms with E-state index in [0.29, 0.717) is 0 Å². The minimum Gasteiger partial charge on any atom is -0.487 e. The third kappa shape index (κ3) is 2.79. The molecule has 0 saturated heterocycles. The standard InChI is InChI=1S/C11H14O/c1-3-7-10(2)12-11-8-5-4-6-9-11/h3-10H,1-2H3/b7-3+/t10-/m0/s1. The van der Waals surface area contributed by atoms with E-state index in [9.17, 15) is 0 Å². The van der Waals surface area contributed by atoms with Crippen molar-refractivity contribution in [2.24, 2.45) is 0 Å². The van der Waals surface area contributed by atoms with Crippen LogP contribution in [0.15, 0.2) is 42.5 Å². The van der Waals surface area contributed by atoms with E-state index >= 15 is 0 Å². The number of rotatable bonds is 3. The third-order valence-corrected chi connectivity index (χ3v) is 1.53. The lowest BCUT2D eigenvalue weighted by atomic mass is 10.3. The molecule has 0 fully saturated rings. The number of ether oxygens (including phenoxy) is 1. The maximum Gasteiger partial charge on any atom is 0.120 e. The summed E-state index contributed by atoms with van der Waals surface area (Å²) < 4.78 is 5.57. The summed E-state index contributed by atoms with van der Waals surface area (Å²) in [4.78, 5) is 0. The minimum absolute atomic E-state index is 0.150. The van der Waals surface area contributed by atoms with Crippen molar-refractivity contribution in [2.45, 2.75) is 20.0 Å². The molecule has 1 heteroatoms. The van der Waals surface area contributed by atoms with Crippen molar-refractivity contribution in [2.75, 3.05) is 0 Å². The molecule has 0 bridgehead atoms. The maximum absolute atomic E-state index is 5.57. The van der Waals surface area contributed by atoms with E-state index in [0.717, 1.165) is 5.75 Å². The Balaban J connectivity index is 2.52. The van der Waals surface area contributed by atoms with Crippen LogP contribution in [0.3, 0.4) is 0 Å². The van der Waals surface area contributed by atoms with Crippen LogP contribution in [0, 0.1) is 0 Å². The SMILES string of the molecule is C/C=C/[C@H](C)Oc1ccccc1. The van der Waals surface area contributed by atoms with Crippen molar-refractivity contribution in [1.29, 1.82) is 0 Å². The summed E-state index contributed by atoms with van der Waals surface area (Å²) in [6.07, 6.45) is 4.16. The van der Waals surface area contributed by atoms with E-state index in [1.54, 1.807) is 0 Å². The van der Waals surface area contributed by atoms with Gasteiger partial charge in [0.2, 0.25) is 0 Å². The maximum atomic E-state index is 5.57. The zero-order chi connectivity index (χ0) is 8.81. The second kappa shape index (κ2) is 4.60. The van der Waals surface area contributed by atoms with Crippen LogP contribution in [0.25, 0.3) is 0 Å². The fourth-order valence-electron chi connectivity index (χ4n) is 1.02. The lowest BCUT2D eigenvalue weighted by Gasteiger charge is -2.09. The average Bonchev–Trinajstić information content (AvgIpc) is 2.06. The van der Waals surface area contributed by atoms with Crippen molar-refractivity contribution in [3.63, 3.8) is 0 Å². The number of hydrogen-bond donors (Lipinski definition) is 0. The van der Waals surface area contributed by atoms with Gasteiger partial charge in [-0.2, -0.15) is 0 Å². The predicted molar refractivity (Wildman–Crippen MR) is 51.3 cm³/mol. The fourth-order valence-corrected chi connectivity index (χ4v) is 1.02. The molecule has 0 aliphatic carbocycles. The van der Waals surface area contributed by atoms with Gasteiger partial charge >= 0.3 is 0 Å². The fraction of sp³-hybridized carbons (Fsp3) is 0.273. The Morgan fingerprint density at radius 3 is 2.50 bits per heavy atom. The first-order valence-electron chi connectivity index (χ1n) is 4.17. The molecule has 0 spiro atoms. The highest BCUT2D eigenvalue weighted by Crippen LogP contribution is 2.10. The highest BCUT2D eigenvalue weighted by Gasteiger charge is 1.96. The molecule has 0 amide bonds. The van der Waals surface area contributed by atoms with Crippen molar-refractivity contribution in [3.05, 3.63) is 42.5 Å². The largest absolute Gasteiger partial charge is 0.487 e. The molecule has 0 radical (unpaired) electrons. The van der Waals surface area contributed by atoms with Crippen molar-refractivity contribution in [3.8, 4) is 5.75 Å². The monoisotopic (exact) mass is 162 g/mol. The van der Waals surface area contributed by atoms with E-state index < -0.39 is 0 Å². The summed E-state index contributed by atoms with van der Waals surface area (Å²) in [5.74, 6) is 0.920. The number of allylic oxidation sites excluding steroid dienone is 1. The van der Waals surface area contributed by atoms with Gasteiger partial charge < -0.3 is 4.74 Å². The summed E-state index contributed by atoms with van der Waals surface area (Å²) in [5, 5.41) is 0. The molecule has 0 aliphatic rings. The summed E-state index contributed by atoms with van der Waals surface area (Å²) >= 11 is 0. The topological polar surface area (TPSA) is 9.23 Å². The van der Waals surface area contributed by atoms with Crippen LogP contribution in [0.5, 0.6) is 5.75 Å². The van der Waals surface area contributed by atoms with Crippen LogP contribution in [0.1, 0.15) is 13.8 Å². The number of benzene rings is 1. The Morgan fingerprint density at radius 2 is 1.92 bits per heavy atom. The van der Waals surface area contributed by atoms with Crippen LogP contribution in [-0.4, -0.2) is 6.10 Å². The van der Waals surface area contributed by atoms with Crippen LogP contribution in [0.2, 0.25) is 0 Å². The molecule has 0 saturated carbocycles. The Kier molecular flexibility index (Phi) is 3.39. The summed E-state index contributed by atoms with van der Waals surface area (Å²) in [7, 11) is 0. The molecule has 0 heterocycles. The predicted octanol–water partition coefficient (Wildman–Crippen LogP) is 3.03. The van der Waals surface area contributed by atoms with Gasteiger partial charge in [0.25, 0.3) is 0 Å². The number of para-hydroxylation sites is 1. The summed E-state index contributed by atoms with van der Waals surface area (Å²) in [6, 6.07) is 9.84. The first kappa shape index (κ1) is 8.85. The number of hydrogen-bond acceptors (Lipinski definition) is 1. The highest BCUT2D eigenvalue weighted by molar-refractivity contribution is 5.21. The molecule has 0 unspecified atom stereocenters. The first-order chi connectivity index (χ1) is 5.83. The average molecular weight is 162 g/mol. The highest BCUT2D eigenvalue weighted by atomic mass is 16.5. The van der Waals surface area contributed by atoms with Crippen molar-refractivity contribution >= 4 is 0 Å². The van der Waals surface area contributed by atoms with E-state index in [1.807, 2.05) is 56.3 Å². The van der Waals surface area contributed by atoms with Gasteiger partial charge in [0.15, 0.2) is 0 Å². The Labute approximate surface area is 73.7 Å². The first-order valence-corrected chi connectivity index (χ1v) is 4.17. The molecule has 1 atom stereocenters. The Bertz CT molecular complexity index is 238. The molecule has 1 aromatic rings. The van der Waals surface area contributed by atoms with Gasteiger partial charge in [-0.3, -0.25) is 0 Å². The molecule has 1 rings (SSSR count). The van der Waals surface area contributed by atoms with E-state index in [4.69, 9.17) is 4.74 Å². The smallest absolute Gasteiger partial charge is 0.120 e. The molecule has 1 nitrogen and oxygen atoms in total. The minimum atomic E-state index is 0.150. The van der Waals surface area contributed by atoms with E-state index in [1.165, 1.54) is 0 Å². The normalized spacial score (nSPS) is 13.2. The lowest BCUT2D eigenvalue weighted by Crippen LogP contribution is -2.07. The molecular weight excluding hydrogens is 148 g/mol. The quantitative estimate of drug-likeness (QED) is 0.621. The second-order valence-electron chi connectivity index (χ2n) is 2.66. The van der Waals surface area contributed by atoms with Gasteiger partial charge in [0, 0.05) is 0 Å². The van der Waals surface area contributed by atoms with Gasteiger partial charge in [-0.25, -0.2) is 0 Å². The summed E-state index contributed by atoms with van der Waals surface area (Å²) in [5.41, 5.74) is 0. The van der Waals surface area contributed by atoms with E-state index in [2.05, 4.69) is 0 Å². The van der Waals surface area contributed by atoms with Gasteiger partial charge in [-0.15, -0.1) is 0 Å².